The molecule has 4 nitrogen and oxygen atoms in total. The van der Waals surface area contributed by atoms with Gasteiger partial charge in [-0.3, -0.25) is 4.98 Å². The largest absolute Gasteiger partial charge is 0.338 e. The molecule has 1 aromatic rings. The second-order valence-corrected chi connectivity index (χ2v) is 5.30. The molecule has 19 heavy (non-hydrogen) atoms. The van der Waals surface area contributed by atoms with Crippen LogP contribution in [0.5, 0.6) is 0 Å². The zero-order valence-corrected chi connectivity index (χ0v) is 12.2. The molecular formula is C15H25N3O. The number of hydrogen-bond donors (Lipinski definition) is 1. The number of nitrogens with one attached hydrogen (secondary N) is 1. The van der Waals surface area contributed by atoms with Gasteiger partial charge in [-0.1, -0.05) is 13.8 Å². The molecule has 1 N–H and O–H groups in total. The second-order valence-electron chi connectivity index (χ2n) is 5.30. The van der Waals surface area contributed by atoms with Crippen LogP contribution in [0.2, 0.25) is 0 Å². The maximum Gasteiger partial charge on any atom is 0.317 e. The third kappa shape index (κ3) is 6.79. The normalized spacial score (nSPS) is 10.5. The summed E-state index contributed by atoms with van der Waals surface area (Å²) in [5, 5.41) is 2.95. The zero-order chi connectivity index (χ0) is 14.1. The molecule has 0 bridgehead atoms. The topological polar surface area (TPSA) is 45.2 Å². The van der Waals surface area contributed by atoms with Crippen LogP contribution in [0.3, 0.4) is 0 Å². The van der Waals surface area contributed by atoms with Crippen molar-refractivity contribution in [3.8, 4) is 0 Å². The van der Waals surface area contributed by atoms with E-state index in [1.54, 1.807) is 17.3 Å². The first-order valence-electron chi connectivity index (χ1n) is 6.97. The molecule has 0 aliphatic heterocycles. The van der Waals surface area contributed by atoms with Crippen molar-refractivity contribution in [1.82, 2.24) is 15.2 Å². The number of carbonyl (C=O) groups is 1. The number of aryl methyl sites for hydroxylation is 1. The lowest BCUT2D eigenvalue weighted by atomic mass is 10.1. The molecule has 106 valence electrons. The van der Waals surface area contributed by atoms with Crippen LogP contribution in [0.25, 0.3) is 0 Å². The second kappa shape index (κ2) is 8.51. The van der Waals surface area contributed by atoms with E-state index < -0.39 is 0 Å². The Hall–Kier alpha value is -1.58. The Bertz CT molecular complexity index is 365. The number of hydrogen-bond acceptors (Lipinski definition) is 2. The lowest BCUT2D eigenvalue weighted by molar-refractivity contribution is 0.206. The molecule has 1 aromatic heterocycles. The zero-order valence-electron chi connectivity index (χ0n) is 12.2. The van der Waals surface area contributed by atoms with E-state index in [-0.39, 0.29) is 6.03 Å². The van der Waals surface area contributed by atoms with E-state index in [2.05, 4.69) is 24.1 Å². The van der Waals surface area contributed by atoms with Crippen LogP contribution in [-0.2, 0) is 6.42 Å². The smallest absolute Gasteiger partial charge is 0.317 e. The number of nitrogens with zero attached hydrogens (tertiary/aromatic N) is 2. The van der Waals surface area contributed by atoms with E-state index >= 15 is 0 Å². The van der Waals surface area contributed by atoms with Crippen LogP contribution in [0.15, 0.2) is 24.5 Å². The summed E-state index contributed by atoms with van der Waals surface area (Å²) >= 11 is 0. The molecule has 0 aliphatic rings. The summed E-state index contributed by atoms with van der Waals surface area (Å²) in [6.45, 7) is 5.86. The Morgan fingerprint density at radius 2 is 2.05 bits per heavy atom. The third-order valence-electron chi connectivity index (χ3n) is 3.06. The lowest BCUT2D eigenvalue weighted by Crippen LogP contribution is -2.38. The molecule has 0 unspecified atom stereocenters. The van der Waals surface area contributed by atoms with Gasteiger partial charge in [-0.25, -0.2) is 4.79 Å². The Morgan fingerprint density at radius 1 is 1.37 bits per heavy atom. The molecule has 0 fully saturated rings. The van der Waals surface area contributed by atoms with E-state index in [9.17, 15) is 4.79 Å². The Labute approximate surface area is 116 Å². The standard InChI is InChI=1S/C15H25N3O/c1-13(2)8-12-18(3)15(19)17-9-4-5-14-6-10-16-11-7-14/h6-7,10-11,13H,4-5,8-9,12H2,1-3H3,(H,17,19). The third-order valence-corrected chi connectivity index (χ3v) is 3.06. The van der Waals surface area contributed by atoms with E-state index in [4.69, 9.17) is 0 Å². The average Bonchev–Trinajstić information content (AvgIpc) is 2.41. The van der Waals surface area contributed by atoms with Crippen LogP contribution in [0.1, 0.15) is 32.3 Å². The summed E-state index contributed by atoms with van der Waals surface area (Å²) < 4.78 is 0. The van der Waals surface area contributed by atoms with Crippen molar-refractivity contribution in [3.63, 3.8) is 0 Å². The molecular weight excluding hydrogens is 238 g/mol. The number of amides is 2. The first kappa shape index (κ1) is 15.5. The van der Waals surface area contributed by atoms with Crippen LogP contribution in [-0.4, -0.2) is 36.1 Å². The van der Waals surface area contributed by atoms with Crippen LogP contribution >= 0.6 is 0 Å². The molecule has 0 saturated carbocycles. The minimum atomic E-state index is 0.0235. The van der Waals surface area contributed by atoms with Crippen molar-refractivity contribution >= 4 is 6.03 Å². The number of urea groups is 1. The molecule has 0 aliphatic carbocycles. The highest BCUT2D eigenvalue weighted by atomic mass is 16.2. The minimum absolute atomic E-state index is 0.0235. The number of aromatic nitrogens is 1. The van der Waals surface area contributed by atoms with Gasteiger partial charge in [0.25, 0.3) is 0 Å². The molecule has 0 radical (unpaired) electrons. The highest BCUT2D eigenvalue weighted by Crippen LogP contribution is 2.02. The van der Waals surface area contributed by atoms with Gasteiger partial charge in [-0.2, -0.15) is 0 Å². The molecule has 0 aromatic carbocycles. The summed E-state index contributed by atoms with van der Waals surface area (Å²) in [6.07, 6.45) is 6.56. The highest BCUT2D eigenvalue weighted by molar-refractivity contribution is 5.73. The fraction of sp³-hybridized carbons (Fsp3) is 0.600. The van der Waals surface area contributed by atoms with Crippen molar-refractivity contribution in [2.45, 2.75) is 33.1 Å². The minimum Gasteiger partial charge on any atom is -0.338 e. The summed E-state index contributed by atoms with van der Waals surface area (Å²) in [5.41, 5.74) is 1.26. The van der Waals surface area contributed by atoms with Gasteiger partial charge in [-0.05, 0) is 42.9 Å². The Kier molecular flexibility index (Phi) is 6.93. The summed E-state index contributed by atoms with van der Waals surface area (Å²) in [6, 6.07) is 4.04. The number of rotatable bonds is 7. The first-order chi connectivity index (χ1) is 9.09. The van der Waals surface area contributed by atoms with Gasteiger partial charge in [0.2, 0.25) is 0 Å². The molecule has 0 saturated heterocycles. The average molecular weight is 263 g/mol. The Morgan fingerprint density at radius 3 is 2.68 bits per heavy atom. The van der Waals surface area contributed by atoms with Crippen LogP contribution in [0.4, 0.5) is 4.79 Å². The lowest BCUT2D eigenvalue weighted by Gasteiger charge is -2.18. The number of pyridine rings is 1. The molecule has 1 rings (SSSR count). The van der Waals surface area contributed by atoms with Crippen molar-refractivity contribution in [3.05, 3.63) is 30.1 Å². The van der Waals surface area contributed by atoms with Gasteiger partial charge in [0.05, 0.1) is 0 Å². The first-order valence-corrected chi connectivity index (χ1v) is 6.97. The summed E-state index contributed by atoms with van der Waals surface area (Å²) in [7, 11) is 1.85. The van der Waals surface area contributed by atoms with E-state index in [1.165, 1.54) is 5.56 Å². The monoisotopic (exact) mass is 263 g/mol. The fourth-order valence-corrected chi connectivity index (χ4v) is 1.73. The highest BCUT2D eigenvalue weighted by Gasteiger charge is 2.07. The van der Waals surface area contributed by atoms with Gasteiger partial charge < -0.3 is 10.2 Å². The van der Waals surface area contributed by atoms with Crippen molar-refractivity contribution in [1.29, 1.82) is 0 Å². The molecule has 2 amide bonds. The maximum atomic E-state index is 11.8. The molecule has 0 atom stereocenters. The summed E-state index contributed by atoms with van der Waals surface area (Å²) in [5.74, 6) is 0.627. The number of carbonyl (C=O) groups excluding carboxylic acids is 1. The fourth-order valence-electron chi connectivity index (χ4n) is 1.73. The van der Waals surface area contributed by atoms with Crippen LogP contribution in [0, 0.1) is 5.92 Å². The van der Waals surface area contributed by atoms with Crippen molar-refractivity contribution in [2.75, 3.05) is 20.1 Å². The van der Waals surface area contributed by atoms with Gasteiger partial charge in [0.15, 0.2) is 0 Å². The van der Waals surface area contributed by atoms with E-state index in [0.717, 1.165) is 25.8 Å². The van der Waals surface area contributed by atoms with Gasteiger partial charge >= 0.3 is 6.03 Å². The van der Waals surface area contributed by atoms with Gasteiger partial charge in [-0.15, -0.1) is 0 Å². The van der Waals surface area contributed by atoms with Gasteiger partial charge in [0.1, 0.15) is 0 Å². The molecule has 0 spiro atoms. The van der Waals surface area contributed by atoms with Crippen molar-refractivity contribution in [2.24, 2.45) is 5.92 Å². The van der Waals surface area contributed by atoms with E-state index in [1.807, 2.05) is 19.2 Å². The Balaban J connectivity index is 2.13. The maximum absolute atomic E-state index is 11.8. The predicted molar refractivity (Wildman–Crippen MR) is 78.0 cm³/mol. The van der Waals surface area contributed by atoms with E-state index in [0.29, 0.717) is 12.5 Å². The summed E-state index contributed by atoms with van der Waals surface area (Å²) in [4.78, 5) is 17.5. The predicted octanol–water partition coefficient (Wildman–Crippen LogP) is 2.70. The van der Waals surface area contributed by atoms with Gasteiger partial charge in [0, 0.05) is 32.5 Å². The molecule has 4 heteroatoms. The SMILES string of the molecule is CC(C)CCN(C)C(=O)NCCCc1ccncc1. The molecule has 1 heterocycles. The quantitative estimate of drug-likeness (QED) is 0.769. The van der Waals surface area contributed by atoms with Crippen LogP contribution < -0.4 is 5.32 Å². The van der Waals surface area contributed by atoms with Crippen molar-refractivity contribution < 1.29 is 4.79 Å².